The summed E-state index contributed by atoms with van der Waals surface area (Å²) in [4.78, 5) is 26.8. The van der Waals surface area contributed by atoms with E-state index >= 15 is 0 Å². The van der Waals surface area contributed by atoms with Gasteiger partial charge in [0.25, 0.3) is 5.91 Å². The smallest absolute Gasteiger partial charge is 0.286 e. The van der Waals surface area contributed by atoms with E-state index in [2.05, 4.69) is 15.8 Å². The van der Waals surface area contributed by atoms with E-state index in [9.17, 15) is 14.0 Å². The molecule has 1 heterocycles. The van der Waals surface area contributed by atoms with E-state index < -0.39 is 11.8 Å². The van der Waals surface area contributed by atoms with Gasteiger partial charge in [-0.1, -0.05) is 23.7 Å². The second-order valence-corrected chi connectivity index (χ2v) is 5.66. The normalized spacial score (nSPS) is 10.6. The summed E-state index contributed by atoms with van der Waals surface area (Å²) in [6, 6.07) is 12.4. The molecule has 0 atom stereocenters. The van der Waals surface area contributed by atoms with Gasteiger partial charge in [0.1, 0.15) is 11.5 Å². The third-order valence-electron chi connectivity index (χ3n) is 3.42. The van der Waals surface area contributed by atoms with Gasteiger partial charge in [0, 0.05) is 15.9 Å². The van der Waals surface area contributed by atoms with Crippen LogP contribution in [0.4, 0.5) is 4.39 Å². The van der Waals surface area contributed by atoms with Crippen LogP contribution in [-0.2, 0) is 11.2 Å². The summed E-state index contributed by atoms with van der Waals surface area (Å²) in [6.45, 7) is 0. The molecule has 0 aliphatic rings. The molecule has 3 aromatic rings. The number of nitrogens with one attached hydrogen (secondary N) is 3. The van der Waals surface area contributed by atoms with E-state index in [0.29, 0.717) is 16.3 Å². The highest BCUT2D eigenvalue weighted by Gasteiger charge is 2.11. The van der Waals surface area contributed by atoms with Crippen molar-refractivity contribution in [2.24, 2.45) is 0 Å². The minimum atomic E-state index is -0.477. The number of rotatable bonds is 3. The highest BCUT2D eigenvalue weighted by molar-refractivity contribution is 6.31. The molecule has 0 aliphatic heterocycles. The van der Waals surface area contributed by atoms with E-state index in [1.165, 1.54) is 24.3 Å². The van der Waals surface area contributed by atoms with E-state index in [4.69, 9.17) is 11.6 Å². The Labute approximate surface area is 141 Å². The maximum Gasteiger partial charge on any atom is 0.286 e. The minimum absolute atomic E-state index is 0.0306. The Balaban J connectivity index is 1.59. The van der Waals surface area contributed by atoms with Crippen LogP contribution in [0.3, 0.4) is 0 Å². The third kappa shape index (κ3) is 3.72. The summed E-state index contributed by atoms with van der Waals surface area (Å²) < 4.78 is 12.8. The number of hydrazine groups is 1. The summed E-state index contributed by atoms with van der Waals surface area (Å²) in [7, 11) is 0. The number of aromatic amines is 1. The first-order valence-electron chi connectivity index (χ1n) is 7.13. The van der Waals surface area contributed by atoms with Crippen LogP contribution < -0.4 is 10.9 Å². The average molecular weight is 346 g/mol. The molecule has 0 unspecified atom stereocenters. The van der Waals surface area contributed by atoms with Crippen molar-refractivity contribution in [3.63, 3.8) is 0 Å². The summed E-state index contributed by atoms with van der Waals surface area (Å²) in [5.74, 6) is -1.25. The zero-order chi connectivity index (χ0) is 17.1. The molecule has 0 saturated carbocycles. The zero-order valence-corrected chi connectivity index (χ0v) is 13.2. The summed E-state index contributed by atoms with van der Waals surface area (Å²) >= 11 is 5.90. The van der Waals surface area contributed by atoms with Crippen LogP contribution in [0.2, 0.25) is 5.02 Å². The molecule has 122 valence electrons. The minimum Gasteiger partial charge on any atom is -0.350 e. The van der Waals surface area contributed by atoms with Gasteiger partial charge in [0.05, 0.1) is 6.42 Å². The first-order valence-corrected chi connectivity index (χ1v) is 7.51. The summed E-state index contributed by atoms with van der Waals surface area (Å²) in [6.07, 6.45) is 0.0306. The molecule has 24 heavy (non-hydrogen) atoms. The van der Waals surface area contributed by atoms with Gasteiger partial charge < -0.3 is 4.98 Å². The first-order chi connectivity index (χ1) is 11.5. The van der Waals surface area contributed by atoms with Crippen LogP contribution in [0.25, 0.3) is 10.9 Å². The molecule has 5 nitrogen and oxygen atoms in total. The molecule has 0 aliphatic carbocycles. The lowest BCUT2D eigenvalue weighted by molar-refractivity contribution is -0.121. The first kappa shape index (κ1) is 16.0. The van der Waals surface area contributed by atoms with Crippen LogP contribution in [0.15, 0.2) is 48.5 Å². The van der Waals surface area contributed by atoms with Crippen LogP contribution in [0.1, 0.15) is 16.1 Å². The Morgan fingerprint density at radius 1 is 1.04 bits per heavy atom. The number of carbonyl (C=O) groups excluding carboxylic acids is 2. The molecule has 7 heteroatoms. The molecule has 0 radical (unpaired) electrons. The molecule has 1 aromatic heterocycles. The van der Waals surface area contributed by atoms with Gasteiger partial charge in [-0.15, -0.1) is 0 Å². The number of amides is 2. The molecule has 2 amide bonds. The maximum atomic E-state index is 12.8. The number of fused-ring (bicyclic) bond motifs is 1. The number of benzene rings is 2. The van der Waals surface area contributed by atoms with E-state index in [1.807, 2.05) is 0 Å². The highest BCUT2D eigenvalue weighted by atomic mass is 35.5. The van der Waals surface area contributed by atoms with Gasteiger partial charge in [-0.3, -0.25) is 20.4 Å². The van der Waals surface area contributed by atoms with Gasteiger partial charge in [0.15, 0.2) is 0 Å². The second kappa shape index (κ2) is 6.72. The Morgan fingerprint density at radius 3 is 2.54 bits per heavy atom. The van der Waals surface area contributed by atoms with Crippen molar-refractivity contribution in [2.75, 3.05) is 0 Å². The lowest BCUT2D eigenvalue weighted by atomic mass is 10.1. The van der Waals surface area contributed by atoms with Gasteiger partial charge in [-0.25, -0.2) is 4.39 Å². The van der Waals surface area contributed by atoms with E-state index in [-0.39, 0.29) is 12.2 Å². The monoisotopic (exact) mass is 345 g/mol. The fourth-order valence-corrected chi connectivity index (χ4v) is 2.43. The third-order valence-corrected chi connectivity index (χ3v) is 3.66. The van der Waals surface area contributed by atoms with Crippen LogP contribution in [0, 0.1) is 5.82 Å². The fraction of sp³-hybridized carbons (Fsp3) is 0.0588. The number of hydrogen-bond donors (Lipinski definition) is 3. The van der Waals surface area contributed by atoms with Crippen molar-refractivity contribution < 1.29 is 14.0 Å². The maximum absolute atomic E-state index is 12.8. The largest absolute Gasteiger partial charge is 0.350 e. The SMILES string of the molecule is O=C(Cc1ccc(F)cc1)NNC(=O)c1cc2cc(Cl)ccc2[nH]1. The standard InChI is InChI=1S/C17H13ClFN3O2/c18-12-3-6-14-11(8-12)9-15(20-14)17(24)22-21-16(23)7-10-1-4-13(19)5-2-10/h1-6,8-9,20H,7H2,(H,21,23)(H,22,24). The summed E-state index contributed by atoms with van der Waals surface area (Å²) in [5.41, 5.74) is 6.36. The van der Waals surface area contributed by atoms with Gasteiger partial charge in [-0.2, -0.15) is 0 Å². The Morgan fingerprint density at radius 2 is 1.79 bits per heavy atom. The molecule has 0 bridgehead atoms. The molecule has 0 spiro atoms. The average Bonchev–Trinajstić information content (AvgIpc) is 2.98. The number of aromatic nitrogens is 1. The fourth-order valence-electron chi connectivity index (χ4n) is 2.25. The van der Waals surface area contributed by atoms with Crippen LogP contribution in [0.5, 0.6) is 0 Å². The Hall–Kier alpha value is -2.86. The van der Waals surface area contributed by atoms with E-state index in [0.717, 1.165) is 10.9 Å². The molecule has 3 N–H and O–H groups in total. The van der Waals surface area contributed by atoms with Gasteiger partial charge in [0.2, 0.25) is 5.91 Å². The lowest BCUT2D eigenvalue weighted by Crippen LogP contribution is -2.42. The molecule has 2 aromatic carbocycles. The number of carbonyl (C=O) groups is 2. The van der Waals surface area contributed by atoms with Crippen molar-refractivity contribution >= 4 is 34.3 Å². The number of H-pyrrole nitrogens is 1. The lowest BCUT2D eigenvalue weighted by Gasteiger charge is -2.06. The second-order valence-electron chi connectivity index (χ2n) is 5.22. The molecular weight excluding hydrogens is 333 g/mol. The Bertz CT molecular complexity index is 906. The molecule has 0 saturated heterocycles. The summed E-state index contributed by atoms with van der Waals surface area (Å²) in [5, 5.41) is 1.37. The van der Waals surface area contributed by atoms with Crippen LogP contribution >= 0.6 is 11.6 Å². The number of halogens is 2. The van der Waals surface area contributed by atoms with Crippen molar-refractivity contribution in [1.29, 1.82) is 0 Å². The predicted molar refractivity (Wildman–Crippen MR) is 89.0 cm³/mol. The quantitative estimate of drug-likeness (QED) is 0.638. The van der Waals surface area contributed by atoms with Gasteiger partial charge in [-0.05, 0) is 42.0 Å². The number of hydrogen-bond acceptors (Lipinski definition) is 2. The topological polar surface area (TPSA) is 74.0 Å². The van der Waals surface area contributed by atoms with Crippen molar-refractivity contribution in [1.82, 2.24) is 15.8 Å². The van der Waals surface area contributed by atoms with Crippen molar-refractivity contribution in [3.05, 3.63) is 70.6 Å². The van der Waals surface area contributed by atoms with Crippen LogP contribution in [-0.4, -0.2) is 16.8 Å². The van der Waals surface area contributed by atoms with Crippen molar-refractivity contribution in [3.8, 4) is 0 Å². The molecular formula is C17H13ClFN3O2. The van der Waals surface area contributed by atoms with Crippen molar-refractivity contribution in [2.45, 2.75) is 6.42 Å². The molecule has 3 rings (SSSR count). The zero-order valence-electron chi connectivity index (χ0n) is 12.4. The predicted octanol–water partition coefficient (Wildman–Crippen LogP) is 2.96. The Kier molecular flexibility index (Phi) is 4.48. The highest BCUT2D eigenvalue weighted by Crippen LogP contribution is 2.19. The van der Waals surface area contributed by atoms with E-state index in [1.54, 1.807) is 24.3 Å². The van der Waals surface area contributed by atoms with Gasteiger partial charge >= 0.3 is 0 Å². The molecule has 0 fully saturated rings.